The maximum absolute atomic E-state index is 14.1. The Hall–Kier alpha value is -2.37. The van der Waals surface area contributed by atoms with E-state index in [9.17, 15) is 17.6 Å². The Labute approximate surface area is 117 Å². The number of rotatable bonds is 1. The van der Waals surface area contributed by atoms with Gasteiger partial charge >= 0.3 is 6.18 Å². The van der Waals surface area contributed by atoms with E-state index >= 15 is 0 Å². The van der Waals surface area contributed by atoms with Crippen LogP contribution in [-0.2, 0) is 6.18 Å². The van der Waals surface area contributed by atoms with Crippen molar-refractivity contribution in [1.82, 2.24) is 9.97 Å². The molecular weight excluding hydrogens is 284 g/mol. The third kappa shape index (κ3) is 2.26. The van der Waals surface area contributed by atoms with Crippen molar-refractivity contribution < 1.29 is 17.6 Å². The first-order valence-corrected chi connectivity index (χ1v) is 6.19. The second-order valence-corrected chi connectivity index (χ2v) is 4.72. The van der Waals surface area contributed by atoms with Crippen molar-refractivity contribution >= 4 is 11.0 Å². The number of nitrogens with one attached hydrogen (secondary N) is 1. The Morgan fingerprint density at radius 3 is 2.43 bits per heavy atom. The highest BCUT2D eigenvalue weighted by molar-refractivity contribution is 5.82. The molecule has 3 rings (SSSR count). The molecule has 1 aromatic heterocycles. The van der Waals surface area contributed by atoms with E-state index in [4.69, 9.17) is 0 Å². The number of aromatic nitrogens is 2. The largest absolute Gasteiger partial charge is 0.419 e. The summed E-state index contributed by atoms with van der Waals surface area (Å²) in [6, 6.07) is 8.52. The number of halogens is 4. The summed E-state index contributed by atoms with van der Waals surface area (Å²) in [6.45, 7) is 1.83. The summed E-state index contributed by atoms with van der Waals surface area (Å²) in [6.07, 6.45) is -4.73. The van der Waals surface area contributed by atoms with E-state index in [1.54, 1.807) is 12.1 Å². The summed E-state index contributed by atoms with van der Waals surface area (Å²) in [5.74, 6) is -1.23. The predicted octanol–water partition coefficient (Wildman–Crippen LogP) is 4.70. The van der Waals surface area contributed by atoms with Gasteiger partial charge < -0.3 is 4.98 Å². The summed E-state index contributed by atoms with van der Waals surface area (Å²) >= 11 is 0. The number of hydrogen-bond donors (Lipinski definition) is 1. The lowest BCUT2D eigenvalue weighted by Crippen LogP contribution is -2.08. The fraction of sp³-hybridized carbons (Fsp3) is 0.133. The lowest BCUT2D eigenvalue weighted by molar-refractivity contribution is -0.139. The summed E-state index contributed by atoms with van der Waals surface area (Å²) in [4.78, 5) is 7.06. The quantitative estimate of drug-likeness (QED) is 0.648. The van der Waals surface area contributed by atoms with Crippen molar-refractivity contribution in [3.8, 4) is 11.4 Å². The van der Waals surface area contributed by atoms with Crippen LogP contribution in [0.5, 0.6) is 0 Å². The first kappa shape index (κ1) is 13.6. The molecule has 0 saturated heterocycles. The van der Waals surface area contributed by atoms with Gasteiger partial charge in [0.15, 0.2) is 0 Å². The molecule has 6 heteroatoms. The number of benzene rings is 2. The van der Waals surface area contributed by atoms with E-state index < -0.39 is 17.6 Å². The van der Waals surface area contributed by atoms with Crippen LogP contribution in [0.3, 0.4) is 0 Å². The summed E-state index contributed by atoms with van der Waals surface area (Å²) in [5, 5.41) is 0. The van der Waals surface area contributed by atoms with Gasteiger partial charge in [-0.1, -0.05) is 18.2 Å². The molecule has 0 bridgehead atoms. The molecule has 0 saturated carbocycles. The van der Waals surface area contributed by atoms with E-state index in [-0.39, 0.29) is 11.4 Å². The van der Waals surface area contributed by atoms with Crippen LogP contribution in [0.25, 0.3) is 22.4 Å². The highest BCUT2D eigenvalue weighted by atomic mass is 19.4. The molecule has 0 atom stereocenters. The molecule has 0 aliphatic heterocycles. The van der Waals surface area contributed by atoms with E-state index in [2.05, 4.69) is 9.97 Å². The summed E-state index contributed by atoms with van der Waals surface area (Å²) in [5.41, 5.74) is 0.645. The van der Waals surface area contributed by atoms with Crippen molar-refractivity contribution in [1.29, 1.82) is 0 Å². The van der Waals surface area contributed by atoms with Crippen molar-refractivity contribution in [2.75, 3.05) is 0 Å². The first-order valence-electron chi connectivity index (χ1n) is 6.19. The number of imidazole rings is 1. The van der Waals surface area contributed by atoms with E-state index in [0.717, 1.165) is 5.56 Å². The lowest BCUT2D eigenvalue weighted by Gasteiger charge is -2.09. The van der Waals surface area contributed by atoms with Gasteiger partial charge in [0.05, 0.1) is 22.2 Å². The zero-order chi connectivity index (χ0) is 15.2. The van der Waals surface area contributed by atoms with Crippen LogP contribution >= 0.6 is 0 Å². The average molecular weight is 294 g/mol. The van der Waals surface area contributed by atoms with Crippen LogP contribution in [0.1, 0.15) is 11.1 Å². The van der Waals surface area contributed by atoms with Crippen LogP contribution in [0.15, 0.2) is 36.4 Å². The van der Waals surface area contributed by atoms with E-state index in [1.165, 1.54) is 12.1 Å². The van der Waals surface area contributed by atoms with Gasteiger partial charge in [-0.3, -0.25) is 0 Å². The van der Waals surface area contributed by atoms with Crippen molar-refractivity contribution in [2.24, 2.45) is 0 Å². The molecule has 3 aromatic rings. The molecule has 0 unspecified atom stereocenters. The smallest absolute Gasteiger partial charge is 0.338 e. The number of aromatic amines is 1. The van der Waals surface area contributed by atoms with Crippen LogP contribution in [-0.4, -0.2) is 9.97 Å². The Morgan fingerprint density at radius 1 is 1.05 bits per heavy atom. The second kappa shape index (κ2) is 4.58. The molecule has 21 heavy (non-hydrogen) atoms. The van der Waals surface area contributed by atoms with Gasteiger partial charge in [-0.2, -0.15) is 13.2 Å². The number of para-hydroxylation sites is 1. The topological polar surface area (TPSA) is 28.7 Å². The molecule has 108 valence electrons. The Morgan fingerprint density at radius 2 is 1.76 bits per heavy atom. The minimum Gasteiger partial charge on any atom is -0.338 e. The molecule has 0 aliphatic carbocycles. The molecular formula is C15H10F4N2. The number of fused-ring (bicyclic) bond motifs is 1. The van der Waals surface area contributed by atoms with Crippen molar-refractivity contribution in [2.45, 2.75) is 13.1 Å². The molecule has 0 fully saturated rings. The molecule has 0 spiro atoms. The van der Waals surface area contributed by atoms with Gasteiger partial charge in [0.2, 0.25) is 0 Å². The maximum Gasteiger partial charge on any atom is 0.419 e. The molecule has 1 N–H and O–H groups in total. The standard InChI is InChI=1S/C15H10F4N2/c1-8-4-2-7-11-13(8)21-14(20-11)9-5-3-6-10(12(9)16)15(17,18)19/h2-7H,1H3,(H,20,21). The molecule has 2 nitrogen and oxygen atoms in total. The minimum absolute atomic E-state index is 0.0860. The van der Waals surface area contributed by atoms with Crippen molar-refractivity contribution in [3.63, 3.8) is 0 Å². The van der Waals surface area contributed by atoms with Gasteiger partial charge in [0.1, 0.15) is 11.6 Å². The van der Waals surface area contributed by atoms with Gasteiger partial charge in [0, 0.05) is 0 Å². The fourth-order valence-corrected chi connectivity index (χ4v) is 2.24. The molecule has 0 aliphatic rings. The monoisotopic (exact) mass is 294 g/mol. The minimum atomic E-state index is -4.73. The van der Waals surface area contributed by atoms with Crippen molar-refractivity contribution in [3.05, 3.63) is 53.3 Å². The average Bonchev–Trinajstić information content (AvgIpc) is 2.83. The van der Waals surface area contributed by atoms with Gasteiger partial charge in [-0.05, 0) is 30.7 Å². The number of alkyl halides is 3. The van der Waals surface area contributed by atoms with Crippen LogP contribution < -0.4 is 0 Å². The number of aryl methyl sites for hydroxylation is 1. The van der Waals surface area contributed by atoms with Gasteiger partial charge in [0.25, 0.3) is 0 Å². The van der Waals surface area contributed by atoms with E-state index in [0.29, 0.717) is 17.1 Å². The normalized spacial score (nSPS) is 12.0. The summed E-state index contributed by atoms with van der Waals surface area (Å²) in [7, 11) is 0. The first-order chi connectivity index (χ1) is 9.88. The summed E-state index contributed by atoms with van der Waals surface area (Å²) < 4.78 is 52.3. The molecule has 1 heterocycles. The van der Waals surface area contributed by atoms with Crippen LogP contribution in [0.4, 0.5) is 17.6 Å². The van der Waals surface area contributed by atoms with Gasteiger partial charge in [-0.25, -0.2) is 9.37 Å². The Kier molecular flexibility index (Phi) is 2.97. The third-order valence-electron chi connectivity index (χ3n) is 3.27. The Balaban J connectivity index is 2.22. The highest BCUT2D eigenvalue weighted by Crippen LogP contribution is 2.35. The van der Waals surface area contributed by atoms with Crippen LogP contribution in [0.2, 0.25) is 0 Å². The van der Waals surface area contributed by atoms with Crippen LogP contribution in [0, 0.1) is 12.7 Å². The zero-order valence-corrected chi connectivity index (χ0v) is 10.9. The van der Waals surface area contributed by atoms with Gasteiger partial charge in [-0.15, -0.1) is 0 Å². The Bertz CT molecular complexity index is 818. The predicted molar refractivity (Wildman–Crippen MR) is 71.2 cm³/mol. The number of H-pyrrole nitrogens is 1. The second-order valence-electron chi connectivity index (χ2n) is 4.72. The third-order valence-corrected chi connectivity index (χ3v) is 3.27. The lowest BCUT2D eigenvalue weighted by atomic mass is 10.1. The molecule has 2 aromatic carbocycles. The highest BCUT2D eigenvalue weighted by Gasteiger charge is 2.35. The SMILES string of the molecule is Cc1cccc2[nH]c(-c3cccc(C(F)(F)F)c3F)nc12. The van der Waals surface area contributed by atoms with E-state index in [1.807, 2.05) is 13.0 Å². The number of nitrogens with zero attached hydrogens (tertiary/aromatic N) is 1. The maximum atomic E-state index is 14.1. The molecule has 0 radical (unpaired) electrons. The fourth-order valence-electron chi connectivity index (χ4n) is 2.24. The molecule has 0 amide bonds. The number of hydrogen-bond acceptors (Lipinski definition) is 1. The zero-order valence-electron chi connectivity index (χ0n) is 10.9.